The first-order chi connectivity index (χ1) is 11.6. The summed E-state index contributed by atoms with van der Waals surface area (Å²) in [7, 11) is 0. The minimum absolute atomic E-state index is 0.119. The quantitative estimate of drug-likeness (QED) is 0.758. The zero-order valence-electron chi connectivity index (χ0n) is 13.4. The van der Waals surface area contributed by atoms with Gasteiger partial charge in [0.1, 0.15) is 6.04 Å². The molecule has 2 saturated heterocycles. The Kier molecular flexibility index (Phi) is 3.72. The molecule has 0 spiro atoms. The molecular formula is C17H20N4O3. The third-order valence-corrected chi connectivity index (χ3v) is 4.98. The van der Waals surface area contributed by atoms with Crippen molar-refractivity contribution in [2.24, 2.45) is 0 Å². The molecular weight excluding hydrogens is 308 g/mol. The van der Waals surface area contributed by atoms with Gasteiger partial charge in [0.25, 0.3) is 5.91 Å². The summed E-state index contributed by atoms with van der Waals surface area (Å²) in [6.45, 7) is 3.15. The van der Waals surface area contributed by atoms with E-state index in [1.165, 1.54) is 0 Å². The van der Waals surface area contributed by atoms with Crippen molar-refractivity contribution < 1.29 is 14.4 Å². The highest BCUT2D eigenvalue weighted by atomic mass is 16.2. The van der Waals surface area contributed by atoms with Gasteiger partial charge in [-0.2, -0.15) is 0 Å². The van der Waals surface area contributed by atoms with Crippen LogP contribution in [0.25, 0.3) is 0 Å². The summed E-state index contributed by atoms with van der Waals surface area (Å²) >= 11 is 0. The normalized spacial score (nSPS) is 24.2. The molecule has 7 heteroatoms. The summed E-state index contributed by atoms with van der Waals surface area (Å²) in [5.41, 5.74) is 2.71. The topological polar surface area (TPSA) is 81.8 Å². The van der Waals surface area contributed by atoms with Gasteiger partial charge in [0.15, 0.2) is 0 Å². The van der Waals surface area contributed by atoms with Crippen LogP contribution < -0.4 is 15.5 Å². The zero-order valence-corrected chi connectivity index (χ0v) is 13.4. The molecule has 0 aromatic heterocycles. The molecule has 3 amide bonds. The van der Waals surface area contributed by atoms with Crippen LogP contribution in [0, 0.1) is 0 Å². The van der Waals surface area contributed by atoms with E-state index in [4.69, 9.17) is 0 Å². The van der Waals surface area contributed by atoms with E-state index in [1.807, 2.05) is 18.2 Å². The highest BCUT2D eigenvalue weighted by Crippen LogP contribution is 2.34. The molecule has 2 fully saturated rings. The number of benzene rings is 1. The molecule has 0 aliphatic carbocycles. The van der Waals surface area contributed by atoms with Crippen LogP contribution in [0.2, 0.25) is 0 Å². The summed E-state index contributed by atoms with van der Waals surface area (Å²) < 4.78 is 0. The molecule has 4 rings (SSSR count). The molecule has 3 aliphatic rings. The van der Waals surface area contributed by atoms with Gasteiger partial charge in [0, 0.05) is 36.3 Å². The first-order valence-corrected chi connectivity index (χ1v) is 8.37. The van der Waals surface area contributed by atoms with E-state index in [0.717, 1.165) is 37.4 Å². The summed E-state index contributed by atoms with van der Waals surface area (Å²) in [6.07, 6.45) is 1.74. The van der Waals surface area contributed by atoms with Gasteiger partial charge in [-0.25, -0.2) is 0 Å². The van der Waals surface area contributed by atoms with E-state index in [2.05, 4.69) is 15.5 Å². The number of carbonyl (C=O) groups is 3. The number of anilines is 1. The van der Waals surface area contributed by atoms with Crippen molar-refractivity contribution >= 4 is 23.4 Å². The van der Waals surface area contributed by atoms with Crippen LogP contribution in [0.5, 0.6) is 0 Å². The Hall–Kier alpha value is -2.41. The van der Waals surface area contributed by atoms with E-state index in [-0.39, 0.29) is 24.1 Å². The number of hydrogen-bond acceptors (Lipinski definition) is 5. The molecule has 3 heterocycles. The Balaban J connectivity index is 1.62. The van der Waals surface area contributed by atoms with Crippen molar-refractivity contribution in [1.29, 1.82) is 0 Å². The van der Waals surface area contributed by atoms with Crippen LogP contribution in [0.1, 0.15) is 35.2 Å². The standard InChI is InChI=1S/C17H20N4O3/c22-15-6-5-14(16(23)19-15)21-9-12-11(17(21)24)3-1-4-13(12)20-8-2-7-18-10-20/h1,3-4,14,18H,2,5-10H2,(H,19,22,23). The van der Waals surface area contributed by atoms with Crippen LogP contribution in [0.3, 0.4) is 0 Å². The molecule has 1 unspecified atom stereocenters. The van der Waals surface area contributed by atoms with Gasteiger partial charge >= 0.3 is 0 Å². The Morgan fingerprint density at radius 2 is 2.04 bits per heavy atom. The van der Waals surface area contributed by atoms with Crippen molar-refractivity contribution in [1.82, 2.24) is 15.5 Å². The lowest BCUT2D eigenvalue weighted by molar-refractivity contribution is -0.136. The smallest absolute Gasteiger partial charge is 0.255 e. The first kappa shape index (κ1) is 15.1. The fourth-order valence-electron chi connectivity index (χ4n) is 3.76. The zero-order chi connectivity index (χ0) is 16.7. The summed E-state index contributed by atoms with van der Waals surface area (Å²) in [4.78, 5) is 40.1. The molecule has 2 N–H and O–H groups in total. The predicted octanol–water partition coefficient (Wildman–Crippen LogP) is 0.205. The van der Waals surface area contributed by atoms with E-state index in [9.17, 15) is 14.4 Å². The Morgan fingerprint density at radius 3 is 2.79 bits per heavy atom. The summed E-state index contributed by atoms with van der Waals surface area (Å²) in [5, 5.41) is 5.69. The van der Waals surface area contributed by atoms with Gasteiger partial charge in [-0.15, -0.1) is 0 Å². The van der Waals surface area contributed by atoms with Crippen molar-refractivity contribution in [3.05, 3.63) is 29.3 Å². The number of amides is 3. The number of hydrogen-bond donors (Lipinski definition) is 2. The van der Waals surface area contributed by atoms with Crippen LogP contribution >= 0.6 is 0 Å². The second-order valence-corrected chi connectivity index (χ2v) is 6.48. The number of nitrogens with one attached hydrogen (secondary N) is 2. The Morgan fingerprint density at radius 1 is 1.17 bits per heavy atom. The van der Waals surface area contributed by atoms with E-state index >= 15 is 0 Å². The highest BCUT2D eigenvalue weighted by Gasteiger charge is 2.40. The maximum absolute atomic E-state index is 12.8. The van der Waals surface area contributed by atoms with Gasteiger partial charge < -0.3 is 9.80 Å². The molecule has 7 nitrogen and oxygen atoms in total. The van der Waals surface area contributed by atoms with Gasteiger partial charge in [-0.1, -0.05) is 6.07 Å². The van der Waals surface area contributed by atoms with Crippen LogP contribution in [-0.4, -0.2) is 48.4 Å². The van der Waals surface area contributed by atoms with Gasteiger partial charge in [0.2, 0.25) is 11.8 Å². The van der Waals surface area contributed by atoms with Gasteiger partial charge in [-0.05, 0) is 31.5 Å². The average molecular weight is 328 g/mol. The number of nitrogens with zero attached hydrogens (tertiary/aromatic N) is 2. The molecule has 1 atom stereocenters. The molecule has 0 radical (unpaired) electrons. The lowest BCUT2D eigenvalue weighted by atomic mass is 10.0. The number of rotatable bonds is 2. The lowest BCUT2D eigenvalue weighted by Crippen LogP contribution is -2.52. The number of imide groups is 1. The van der Waals surface area contributed by atoms with Crippen LogP contribution in [-0.2, 0) is 16.1 Å². The van der Waals surface area contributed by atoms with Crippen molar-refractivity contribution in [2.75, 3.05) is 24.7 Å². The second-order valence-electron chi connectivity index (χ2n) is 6.48. The number of piperidine rings is 1. The minimum atomic E-state index is -0.560. The minimum Gasteiger partial charge on any atom is -0.358 e. The molecule has 1 aromatic carbocycles. The molecule has 126 valence electrons. The molecule has 0 bridgehead atoms. The fourth-order valence-corrected chi connectivity index (χ4v) is 3.76. The monoisotopic (exact) mass is 328 g/mol. The highest BCUT2D eigenvalue weighted by molar-refractivity contribution is 6.06. The maximum atomic E-state index is 12.8. The number of fused-ring (bicyclic) bond motifs is 1. The summed E-state index contributed by atoms with van der Waals surface area (Å²) in [5.74, 6) is -0.750. The molecule has 3 aliphatic heterocycles. The summed E-state index contributed by atoms with van der Waals surface area (Å²) in [6, 6.07) is 5.20. The van der Waals surface area contributed by atoms with Crippen molar-refractivity contribution in [3.63, 3.8) is 0 Å². The van der Waals surface area contributed by atoms with Gasteiger partial charge in [0.05, 0.1) is 6.67 Å². The first-order valence-electron chi connectivity index (χ1n) is 8.37. The maximum Gasteiger partial charge on any atom is 0.255 e. The average Bonchev–Trinajstić information content (AvgIpc) is 2.93. The largest absolute Gasteiger partial charge is 0.358 e. The number of carbonyl (C=O) groups excluding carboxylic acids is 3. The van der Waals surface area contributed by atoms with Crippen molar-refractivity contribution in [2.45, 2.75) is 31.8 Å². The second kappa shape index (κ2) is 5.90. The van der Waals surface area contributed by atoms with Crippen LogP contribution in [0.15, 0.2) is 18.2 Å². The van der Waals surface area contributed by atoms with E-state index < -0.39 is 6.04 Å². The van der Waals surface area contributed by atoms with E-state index in [1.54, 1.807) is 4.90 Å². The molecule has 0 saturated carbocycles. The third-order valence-electron chi connectivity index (χ3n) is 4.98. The van der Waals surface area contributed by atoms with E-state index in [0.29, 0.717) is 18.5 Å². The SMILES string of the molecule is O=C1CCC(N2Cc3c(cccc3N3CCCNC3)C2=O)C(=O)N1. The molecule has 1 aromatic rings. The predicted molar refractivity (Wildman–Crippen MR) is 87.3 cm³/mol. The Labute approximate surface area is 140 Å². The lowest BCUT2D eigenvalue weighted by Gasteiger charge is -2.31. The molecule has 24 heavy (non-hydrogen) atoms. The van der Waals surface area contributed by atoms with Crippen LogP contribution in [0.4, 0.5) is 5.69 Å². The van der Waals surface area contributed by atoms with Crippen molar-refractivity contribution in [3.8, 4) is 0 Å². The third kappa shape index (κ3) is 2.45. The van der Waals surface area contributed by atoms with Gasteiger partial charge in [-0.3, -0.25) is 25.0 Å². The fraction of sp³-hybridized carbons (Fsp3) is 0.471. The Bertz CT molecular complexity index is 712.